The lowest BCUT2D eigenvalue weighted by Crippen LogP contribution is -2.38. The maximum Gasteiger partial charge on any atom is 0.272 e. The monoisotopic (exact) mass is 410 g/mol. The lowest BCUT2D eigenvalue weighted by atomic mass is 9.95. The molecule has 30 heavy (non-hydrogen) atoms. The van der Waals surface area contributed by atoms with Crippen LogP contribution in [0.3, 0.4) is 0 Å². The fraction of sp³-hybridized carbons (Fsp3) is 0.273. The van der Waals surface area contributed by atoms with E-state index >= 15 is 0 Å². The molecule has 2 aromatic carbocycles. The van der Waals surface area contributed by atoms with Crippen LogP contribution in [0.4, 0.5) is 17.1 Å². The van der Waals surface area contributed by atoms with Crippen molar-refractivity contribution >= 4 is 35.0 Å². The van der Waals surface area contributed by atoms with E-state index in [1.807, 2.05) is 43.3 Å². The van der Waals surface area contributed by atoms with Crippen LogP contribution in [0, 0.1) is 15.5 Å². The van der Waals surface area contributed by atoms with Gasteiger partial charge in [-0.05, 0) is 29.8 Å². The first kappa shape index (κ1) is 22.6. The fourth-order valence-electron chi connectivity index (χ4n) is 2.40. The van der Waals surface area contributed by atoms with Crippen LogP contribution >= 0.6 is 0 Å². The molecule has 2 amide bonds. The highest BCUT2D eigenvalue weighted by molar-refractivity contribution is 6.09. The summed E-state index contributed by atoms with van der Waals surface area (Å²) in [6.45, 7) is 5.22. The van der Waals surface area contributed by atoms with Crippen molar-refractivity contribution in [2.24, 2.45) is 5.41 Å². The Morgan fingerprint density at radius 3 is 2.23 bits per heavy atom. The summed E-state index contributed by atoms with van der Waals surface area (Å²) < 4.78 is 0. The molecular weight excluding hydrogens is 384 g/mol. The number of hydrogen-bond acceptors (Lipinski definition) is 5. The number of anilines is 2. The van der Waals surface area contributed by atoms with Crippen LogP contribution in [0.2, 0.25) is 0 Å². The molecule has 8 nitrogen and oxygen atoms in total. The van der Waals surface area contributed by atoms with E-state index in [0.29, 0.717) is 0 Å². The predicted molar refractivity (Wildman–Crippen MR) is 118 cm³/mol. The van der Waals surface area contributed by atoms with Gasteiger partial charge in [-0.2, -0.15) is 0 Å². The second kappa shape index (κ2) is 9.21. The Labute approximate surface area is 175 Å². The lowest BCUT2D eigenvalue weighted by molar-refractivity contribution is -0.384. The average Bonchev–Trinajstić information content (AvgIpc) is 2.67. The molecule has 0 heterocycles. The zero-order chi connectivity index (χ0) is 22.5. The Bertz CT molecular complexity index is 973. The molecule has 0 fully saturated rings. The molecule has 0 aliphatic carbocycles. The number of amides is 2. The molecule has 2 N–H and O–H groups in total. The molecule has 0 saturated carbocycles. The van der Waals surface area contributed by atoms with Gasteiger partial charge in [-0.15, -0.1) is 0 Å². The van der Waals surface area contributed by atoms with Gasteiger partial charge >= 0.3 is 0 Å². The van der Waals surface area contributed by atoms with Crippen LogP contribution < -0.4 is 15.5 Å². The molecule has 8 heteroatoms. The zero-order valence-electron chi connectivity index (χ0n) is 17.7. The van der Waals surface area contributed by atoms with Gasteiger partial charge in [0.25, 0.3) is 11.6 Å². The van der Waals surface area contributed by atoms with Crippen LogP contribution in [0.15, 0.2) is 54.2 Å². The summed E-state index contributed by atoms with van der Waals surface area (Å²) in [7, 11) is 3.85. The smallest absolute Gasteiger partial charge is 0.272 e. The van der Waals surface area contributed by atoms with Gasteiger partial charge in [-0.3, -0.25) is 19.7 Å². The third-order valence-corrected chi connectivity index (χ3v) is 4.21. The number of non-ortho nitro benzene ring substituents is 1. The second-order valence-corrected chi connectivity index (χ2v) is 8.01. The molecule has 0 aromatic heterocycles. The zero-order valence-corrected chi connectivity index (χ0v) is 17.7. The van der Waals surface area contributed by atoms with Crippen LogP contribution in [0.1, 0.15) is 26.3 Å². The van der Waals surface area contributed by atoms with E-state index in [2.05, 4.69) is 10.6 Å². The van der Waals surface area contributed by atoms with Gasteiger partial charge < -0.3 is 15.5 Å². The number of benzene rings is 2. The molecule has 0 radical (unpaired) electrons. The highest BCUT2D eigenvalue weighted by atomic mass is 16.6. The lowest BCUT2D eigenvalue weighted by Gasteiger charge is -2.19. The highest BCUT2D eigenvalue weighted by Gasteiger charge is 2.24. The molecular formula is C22H26N4O4. The molecule has 0 saturated heterocycles. The maximum absolute atomic E-state index is 12.9. The number of nitro benzene ring substituents is 1. The number of nitrogens with zero attached hydrogens (tertiary/aromatic N) is 2. The van der Waals surface area contributed by atoms with Gasteiger partial charge in [0.05, 0.1) is 4.92 Å². The van der Waals surface area contributed by atoms with Crippen molar-refractivity contribution in [3.05, 3.63) is 69.9 Å². The molecule has 0 aliphatic heterocycles. The number of nitro groups is 1. The quantitative estimate of drug-likeness (QED) is 0.428. The second-order valence-electron chi connectivity index (χ2n) is 8.01. The first-order valence-electron chi connectivity index (χ1n) is 9.34. The van der Waals surface area contributed by atoms with Gasteiger partial charge in [0.15, 0.2) is 0 Å². The van der Waals surface area contributed by atoms with Crippen molar-refractivity contribution in [3.8, 4) is 0 Å². The van der Waals surface area contributed by atoms with Crippen molar-refractivity contribution in [2.75, 3.05) is 24.3 Å². The van der Waals surface area contributed by atoms with E-state index in [9.17, 15) is 19.7 Å². The molecule has 158 valence electrons. The van der Waals surface area contributed by atoms with Crippen molar-refractivity contribution < 1.29 is 14.5 Å². The topological polar surface area (TPSA) is 105 Å². The van der Waals surface area contributed by atoms with Crippen LogP contribution in [-0.2, 0) is 9.59 Å². The van der Waals surface area contributed by atoms with E-state index in [4.69, 9.17) is 0 Å². The molecule has 0 unspecified atom stereocenters. The van der Waals surface area contributed by atoms with Gasteiger partial charge in [0.1, 0.15) is 5.70 Å². The third kappa shape index (κ3) is 6.16. The Hall–Kier alpha value is -3.68. The molecule has 2 aromatic rings. The Morgan fingerprint density at radius 1 is 1.07 bits per heavy atom. The standard InChI is InChI=1S/C22H26N4O4/c1-22(2,3)21(28)24-19(13-15-9-11-17(12-10-15)25(4)5)20(27)23-16-7-6-8-18(14-16)26(29)30/h6-14H,1-5H3,(H,23,27)(H,24,28)/b19-13+. The normalized spacial score (nSPS) is 11.6. The minimum Gasteiger partial charge on any atom is -0.378 e. The van der Waals surface area contributed by atoms with E-state index in [1.54, 1.807) is 32.9 Å². The number of carbonyl (C=O) groups excluding carboxylic acids is 2. The van der Waals surface area contributed by atoms with Gasteiger partial charge in [0.2, 0.25) is 5.91 Å². The van der Waals surface area contributed by atoms with Crippen molar-refractivity contribution in [2.45, 2.75) is 20.8 Å². The SMILES string of the molecule is CN(C)c1ccc(/C=C(/NC(=O)C(C)(C)C)C(=O)Nc2cccc([N+](=O)[O-])c2)cc1. The summed E-state index contributed by atoms with van der Waals surface area (Å²) in [4.78, 5) is 37.7. The average molecular weight is 410 g/mol. The first-order chi connectivity index (χ1) is 14.0. The molecule has 0 spiro atoms. The Balaban J connectivity index is 2.34. The minimum absolute atomic E-state index is 0.0408. The third-order valence-electron chi connectivity index (χ3n) is 4.21. The maximum atomic E-state index is 12.9. The molecule has 0 aliphatic rings. The highest BCUT2D eigenvalue weighted by Crippen LogP contribution is 2.20. The Kier molecular flexibility index (Phi) is 6.94. The minimum atomic E-state index is -0.709. The predicted octanol–water partition coefficient (Wildman–Crippen LogP) is 3.80. The summed E-state index contributed by atoms with van der Waals surface area (Å²) in [5, 5.41) is 16.2. The van der Waals surface area contributed by atoms with Gasteiger partial charge in [-0.25, -0.2) is 0 Å². The largest absolute Gasteiger partial charge is 0.378 e. The molecule has 2 rings (SSSR count). The summed E-state index contributed by atoms with van der Waals surface area (Å²) >= 11 is 0. The molecule has 0 bridgehead atoms. The van der Waals surface area contributed by atoms with E-state index in [-0.39, 0.29) is 23.0 Å². The van der Waals surface area contributed by atoms with Crippen molar-refractivity contribution in [1.82, 2.24) is 5.32 Å². The van der Waals surface area contributed by atoms with E-state index in [0.717, 1.165) is 11.3 Å². The number of hydrogen-bond donors (Lipinski definition) is 2. The summed E-state index contributed by atoms with van der Waals surface area (Å²) in [6.07, 6.45) is 1.57. The van der Waals surface area contributed by atoms with Crippen molar-refractivity contribution in [1.29, 1.82) is 0 Å². The number of nitrogens with one attached hydrogen (secondary N) is 2. The fourth-order valence-corrected chi connectivity index (χ4v) is 2.40. The van der Waals surface area contributed by atoms with Crippen LogP contribution in [0.25, 0.3) is 6.08 Å². The first-order valence-corrected chi connectivity index (χ1v) is 9.34. The number of rotatable bonds is 6. The summed E-state index contributed by atoms with van der Waals surface area (Å²) in [5.41, 5.74) is 1.16. The van der Waals surface area contributed by atoms with Crippen LogP contribution in [-0.4, -0.2) is 30.8 Å². The molecule has 0 atom stereocenters. The Morgan fingerprint density at radius 2 is 1.70 bits per heavy atom. The van der Waals surface area contributed by atoms with E-state index in [1.165, 1.54) is 18.2 Å². The van der Waals surface area contributed by atoms with Gasteiger partial charge in [-0.1, -0.05) is 39.0 Å². The summed E-state index contributed by atoms with van der Waals surface area (Å²) in [6, 6.07) is 13.1. The van der Waals surface area contributed by atoms with Crippen LogP contribution in [0.5, 0.6) is 0 Å². The van der Waals surface area contributed by atoms with E-state index < -0.39 is 16.2 Å². The summed E-state index contributed by atoms with van der Waals surface area (Å²) in [5.74, 6) is -0.905. The van der Waals surface area contributed by atoms with Crippen molar-refractivity contribution in [3.63, 3.8) is 0 Å². The number of carbonyl (C=O) groups is 2. The van der Waals surface area contributed by atoms with Gasteiger partial charge in [0, 0.05) is 43.0 Å².